The van der Waals surface area contributed by atoms with E-state index in [0.29, 0.717) is 0 Å². The van der Waals surface area contributed by atoms with Crippen LogP contribution in [0.15, 0.2) is 211 Å². The van der Waals surface area contributed by atoms with Crippen molar-refractivity contribution < 1.29 is 4.42 Å². The second kappa shape index (κ2) is 12.5. The average molecular weight is 727 g/mol. The predicted octanol–water partition coefficient (Wildman–Crippen LogP) is 14.8. The van der Waals surface area contributed by atoms with Gasteiger partial charge in [0.05, 0.1) is 27.5 Å². The van der Waals surface area contributed by atoms with Crippen molar-refractivity contribution in [3.05, 3.63) is 206 Å². The first-order chi connectivity index (χ1) is 28.3. The first-order valence-electron chi connectivity index (χ1n) is 19.5. The molecule has 0 aliphatic rings. The van der Waals surface area contributed by atoms with E-state index < -0.39 is 0 Å². The molecule has 0 N–H and O–H groups in total. The van der Waals surface area contributed by atoms with Gasteiger partial charge in [0.15, 0.2) is 0 Å². The lowest BCUT2D eigenvalue weighted by atomic mass is 9.89. The zero-order valence-electron chi connectivity index (χ0n) is 30.9. The molecule has 9 aromatic carbocycles. The highest BCUT2D eigenvalue weighted by Gasteiger charge is 2.22. The summed E-state index contributed by atoms with van der Waals surface area (Å²) in [4.78, 5) is 0. The van der Waals surface area contributed by atoms with Crippen LogP contribution in [0.2, 0.25) is 0 Å². The van der Waals surface area contributed by atoms with Crippen molar-refractivity contribution in [3.63, 3.8) is 0 Å². The van der Waals surface area contributed by atoms with E-state index in [2.05, 4.69) is 209 Å². The van der Waals surface area contributed by atoms with Gasteiger partial charge in [-0.1, -0.05) is 146 Å². The second-order valence-electron chi connectivity index (χ2n) is 14.8. The van der Waals surface area contributed by atoms with Crippen molar-refractivity contribution in [1.82, 2.24) is 9.13 Å². The molecule has 0 aliphatic carbocycles. The Bertz CT molecular complexity index is 3460. The summed E-state index contributed by atoms with van der Waals surface area (Å²) < 4.78 is 11.6. The van der Waals surface area contributed by atoms with Gasteiger partial charge < -0.3 is 13.6 Å². The summed E-state index contributed by atoms with van der Waals surface area (Å²) in [6.45, 7) is 0. The highest BCUT2D eigenvalue weighted by molar-refractivity contribution is 6.24. The molecule has 0 fully saturated rings. The lowest BCUT2D eigenvalue weighted by molar-refractivity contribution is 0.673. The minimum absolute atomic E-state index is 0.899. The van der Waals surface area contributed by atoms with Gasteiger partial charge in [0, 0.05) is 38.3 Å². The molecular weight excluding hydrogens is 693 g/mol. The molecule has 0 amide bonds. The van der Waals surface area contributed by atoms with Gasteiger partial charge in [0.25, 0.3) is 0 Å². The molecule has 0 bridgehead atoms. The number of aromatic nitrogens is 2. The van der Waals surface area contributed by atoms with E-state index in [1.54, 1.807) is 0 Å². The van der Waals surface area contributed by atoms with Crippen molar-refractivity contribution in [2.24, 2.45) is 0 Å². The summed E-state index contributed by atoms with van der Waals surface area (Å²) in [6, 6.07) is 74.5. The highest BCUT2D eigenvalue weighted by Crippen LogP contribution is 2.44. The molecule has 3 heteroatoms. The van der Waals surface area contributed by atoms with Crippen LogP contribution in [0.25, 0.3) is 110 Å². The molecule has 0 spiro atoms. The molecule has 12 rings (SSSR count). The summed E-state index contributed by atoms with van der Waals surface area (Å²) in [5, 5.41) is 7.02. The van der Waals surface area contributed by atoms with Gasteiger partial charge in [-0.25, -0.2) is 0 Å². The Morgan fingerprint density at radius 1 is 0.298 bits per heavy atom. The number of para-hydroxylation sites is 3. The Labute approximate surface area is 328 Å². The molecule has 3 nitrogen and oxygen atoms in total. The van der Waals surface area contributed by atoms with Crippen LogP contribution in [-0.2, 0) is 0 Å². The number of benzene rings is 9. The van der Waals surface area contributed by atoms with Gasteiger partial charge in [0.1, 0.15) is 11.2 Å². The van der Waals surface area contributed by atoms with Gasteiger partial charge >= 0.3 is 0 Å². The van der Waals surface area contributed by atoms with Crippen LogP contribution >= 0.6 is 0 Å². The monoisotopic (exact) mass is 726 g/mol. The smallest absolute Gasteiger partial charge is 0.145 e. The molecule has 0 aliphatic heterocycles. The highest BCUT2D eigenvalue weighted by atomic mass is 16.3. The zero-order chi connectivity index (χ0) is 37.5. The maximum absolute atomic E-state index is 6.75. The van der Waals surface area contributed by atoms with Gasteiger partial charge in [-0.05, 0) is 94.0 Å². The van der Waals surface area contributed by atoms with Crippen molar-refractivity contribution >= 4 is 65.6 Å². The first-order valence-corrected chi connectivity index (χ1v) is 19.5. The molecule has 0 radical (unpaired) electrons. The Kier molecular flexibility index (Phi) is 6.93. The predicted molar refractivity (Wildman–Crippen MR) is 239 cm³/mol. The normalized spacial score (nSPS) is 11.9. The van der Waals surface area contributed by atoms with Crippen LogP contribution in [0.5, 0.6) is 0 Å². The number of hydrogen-bond acceptors (Lipinski definition) is 1. The first kappa shape index (κ1) is 31.7. The molecule has 3 heterocycles. The molecule has 0 saturated carbocycles. The fourth-order valence-electron chi connectivity index (χ4n) is 9.24. The Balaban J connectivity index is 1.17. The Morgan fingerprint density at radius 3 is 1.56 bits per heavy atom. The van der Waals surface area contributed by atoms with Gasteiger partial charge in [-0.15, -0.1) is 0 Å². The molecule has 0 unspecified atom stereocenters. The summed E-state index contributed by atoms with van der Waals surface area (Å²) in [7, 11) is 0. The van der Waals surface area contributed by atoms with Crippen LogP contribution in [0.3, 0.4) is 0 Å². The van der Waals surface area contributed by atoms with Crippen LogP contribution in [-0.4, -0.2) is 9.13 Å². The fourth-order valence-corrected chi connectivity index (χ4v) is 9.24. The SMILES string of the molecule is c1ccc(-c2ccccc2-c2ccc(-n3c4cc(-n5c6ccccc6c6ccccc65)ccc4c4c5oc6ccccc6c5ccc43)cc2-c2ccccc2)cc1. The van der Waals surface area contributed by atoms with Gasteiger partial charge in [-0.2, -0.15) is 0 Å². The number of nitrogens with zero attached hydrogens (tertiary/aromatic N) is 2. The van der Waals surface area contributed by atoms with E-state index in [4.69, 9.17) is 4.42 Å². The number of furan rings is 1. The minimum atomic E-state index is 0.899. The van der Waals surface area contributed by atoms with Gasteiger partial charge in [0.2, 0.25) is 0 Å². The lowest BCUT2D eigenvalue weighted by Gasteiger charge is -2.18. The maximum Gasteiger partial charge on any atom is 0.145 e. The summed E-state index contributed by atoms with van der Waals surface area (Å²) in [5.74, 6) is 0. The van der Waals surface area contributed by atoms with Crippen LogP contribution in [0.1, 0.15) is 0 Å². The fraction of sp³-hybridized carbons (Fsp3) is 0. The Morgan fingerprint density at radius 2 is 0.825 bits per heavy atom. The second-order valence-corrected chi connectivity index (χ2v) is 14.8. The van der Waals surface area contributed by atoms with Crippen molar-refractivity contribution in [1.29, 1.82) is 0 Å². The van der Waals surface area contributed by atoms with E-state index in [9.17, 15) is 0 Å². The number of hydrogen-bond donors (Lipinski definition) is 0. The third-order valence-electron chi connectivity index (χ3n) is 11.7. The van der Waals surface area contributed by atoms with E-state index in [-0.39, 0.29) is 0 Å². The topological polar surface area (TPSA) is 23.0 Å². The van der Waals surface area contributed by atoms with Crippen LogP contribution < -0.4 is 0 Å². The zero-order valence-corrected chi connectivity index (χ0v) is 30.9. The average Bonchev–Trinajstić information content (AvgIpc) is 3.94. The molecular formula is C54H34N2O. The molecule has 57 heavy (non-hydrogen) atoms. The van der Waals surface area contributed by atoms with E-state index in [0.717, 1.165) is 55.1 Å². The third kappa shape index (κ3) is 4.79. The van der Waals surface area contributed by atoms with Crippen molar-refractivity contribution in [3.8, 4) is 44.8 Å². The summed E-state index contributed by atoms with van der Waals surface area (Å²) in [6.07, 6.45) is 0. The molecule has 12 aromatic rings. The lowest BCUT2D eigenvalue weighted by Crippen LogP contribution is -1.98. The third-order valence-corrected chi connectivity index (χ3v) is 11.7. The van der Waals surface area contributed by atoms with Crippen molar-refractivity contribution in [2.45, 2.75) is 0 Å². The maximum atomic E-state index is 6.75. The molecule has 266 valence electrons. The van der Waals surface area contributed by atoms with Crippen LogP contribution in [0, 0.1) is 0 Å². The van der Waals surface area contributed by atoms with E-state index >= 15 is 0 Å². The summed E-state index contributed by atoms with van der Waals surface area (Å²) >= 11 is 0. The Hall–Kier alpha value is -7.62. The van der Waals surface area contributed by atoms with Gasteiger partial charge in [-0.3, -0.25) is 0 Å². The van der Waals surface area contributed by atoms with Crippen molar-refractivity contribution in [2.75, 3.05) is 0 Å². The van der Waals surface area contributed by atoms with Crippen LogP contribution in [0.4, 0.5) is 0 Å². The van der Waals surface area contributed by atoms with E-state index in [1.165, 1.54) is 55.2 Å². The standard InChI is InChI=1S/C54H34N2O/c1-3-15-35(16-4-1)39-19-7-8-20-40(39)41-29-27-37(33-47(41)36-17-5-2-6-18-36)56-50-32-31-45-44-23-11-14-26-52(44)57-54(45)53(50)46-30-28-38(34-51(46)56)55-48-24-12-9-21-42(48)43-22-10-13-25-49(43)55/h1-34H. The quantitative estimate of drug-likeness (QED) is 0.173. The number of fused-ring (bicyclic) bond motifs is 10. The molecule has 0 atom stereocenters. The number of rotatable bonds is 5. The molecule has 0 saturated heterocycles. The molecule has 3 aromatic heterocycles. The summed E-state index contributed by atoms with van der Waals surface area (Å²) in [5.41, 5.74) is 15.8. The van der Waals surface area contributed by atoms with E-state index in [1.807, 2.05) is 6.07 Å². The largest absolute Gasteiger partial charge is 0.455 e. The minimum Gasteiger partial charge on any atom is -0.455 e.